The number of sulfonamides is 1. The molecule has 2 N–H and O–H groups in total. The van der Waals surface area contributed by atoms with Crippen molar-refractivity contribution in [3.05, 3.63) is 72.8 Å². The lowest BCUT2D eigenvalue weighted by Crippen LogP contribution is -2.40. The highest BCUT2D eigenvalue weighted by molar-refractivity contribution is 7.92. The molecule has 1 atom stereocenters. The molecule has 0 bridgehead atoms. The molecule has 9 heteroatoms. The first-order valence-corrected chi connectivity index (χ1v) is 10.9. The van der Waals surface area contributed by atoms with E-state index in [0.29, 0.717) is 28.6 Å². The summed E-state index contributed by atoms with van der Waals surface area (Å²) in [5.41, 5.74) is 0.765. The Balaban J connectivity index is 1.43. The van der Waals surface area contributed by atoms with Gasteiger partial charge in [-0.05, 0) is 48.5 Å². The number of para-hydroxylation sites is 4. The summed E-state index contributed by atoms with van der Waals surface area (Å²) in [7, 11) is -2.37. The van der Waals surface area contributed by atoms with Gasteiger partial charge in [0.25, 0.3) is 15.9 Å². The summed E-state index contributed by atoms with van der Waals surface area (Å²) in [5.74, 6) is 1.10. The average Bonchev–Trinajstić information content (AvgIpc) is 2.79. The summed E-state index contributed by atoms with van der Waals surface area (Å²) < 4.78 is 44.3. The van der Waals surface area contributed by atoms with Crippen LogP contribution in [0, 0.1) is 0 Å². The van der Waals surface area contributed by atoms with Crippen LogP contribution in [-0.4, -0.2) is 34.1 Å². The van der Waals surface area contributed by atoms with E-state index in [2.05, 4.69) is 10.0 Å². The molecule has 4 rings (SSSR count). The van der Waals surface area contributed by atoms with Gasteiger partial charge >= 0.3 is 0 Å². The number of carbonyl (C=O) groups is 1. The third-order valence-corrected chi connectivity index (χ3v) is 5.97. The molecule has 1 amide bonds. The summed E-state index contributed by atoms with van der Waals surface area (Å²) in [6.45, 7) is 0.0815. The van der Waals surface area contributed by atoms with Crippen LogP contribution in [0.3, 0.4) is 0 Å². The third kappa shape index (κ3) is 4.56. The highest BCUT2D eigenvalue weighted by Crippen LogP contribution is 2.31. The Hall–Kier alpha value is -3.72. The van der Waals surface area contributed by atoms with Gasteiger partial charge in [-0.2, -0.15) is 0 Å². The van der Waals surface area contributed by atoms with Gasteiger partial charge in [-0.15, -0.1) is 0 Å². The molecule has 160 valence electrons. The van der Waals surface area contributed by atoms with Crippen molar-refractivity contribution in [2.75, 3.05) is 23.8 Å². The minimum atomic E-state index is -3.83. The van der Waals surface area contributed by atoms with Crippen LogP contribution in [0.15, 0.2) is 77.7 Å². The van der Waals surface area contributed by atoms with Gasteiger partial charge in [-0.25, -0.2) is 8.42 Å². The highest BCUT2D eigenvalue weighted by atomic mass is 32.2. The van der Waals surface area contributed by atoms with Crippen LogP contribution in [0.25, 0.3) is 0 Å². The second-order valence-electron chi connectivity index (χ2n) is 6.68. The summed E-state index contributed by atoms with van der Waals surface area (Å²) in [5, 5.41) is 2.71. The molecule has 1 heterocycles. The predicted octanol–water partition coefficient (Wildman–Crippen LogP) is 3.27. The van der Waals surface area contributed by atoms with Crippen LogP contribution in [0.2, 0.25) is 0 Å². The number of ether oxygens (including phenoxy) is 3. The van der Waals surface area contributed by atoms with Gasteiger partial charge in [-0.1, -0.05) is 24.3 Å². The fourth-order valence-corrected chi connectivity index (χ4v) is 4.09. The molecule has 0 unspecified atom stereocenters. The Morgan fingerprint density at radius 2 is 1.65 bits per heavy atom. The second-order valence-corrected chi connectivity index (χ2v) is 8.37. The molecule has 0 spiro atoms. The zero-order valence-corrected chi connectivity index (χ0v) is 17.4. The normalized spacial score (nSPS) is 15.1. The number of benzene rings is 3. The lowest BCUT2D eigenvalue weighted by molar-refractivity contribution is -0.125. The molecular formula is C22H20N2O6S. The van der Waals surface area contributed by atoms with Gasteiger partial charge in [-0.3, -0.25) is 9.52 Å². The molecule has 8 nitrogen and oxygen atoms in total. The molecule has 0 fully saturated rings. The van der Waals surface area contributed by atoms with Crippen LogP contribution in [0.4, 0.5) is 11.4 Å². The van der Waals surface area contributed by atoms with Gasteiger partial charge in [0.2, 0.25) is 6.10 Å². The summed E-state index contributed by atoms with van der Waals surface area (Å²) in [6, 6.07) is 19.6. The third-order valence-electron chi connectivity index (χ3n) is 4.58. The van der Waals surface area contributed by atoms with Crippen molar-refractivity contribution in [1.29, 1.82) is 0 Å². The van der Waals surface area contributed by atoms with Crippen LogP contribution < -0.4 is 24.2 Å². The molecule has 0 radical (unpaired) electrons. The van der Waals surface area contributed by atoms with Crippen LogP contribution >= 0.6 is 0 Å². The fraction of sp³-hybridized carbons (Fsp3) is 0.136. The zero-order valence-electron chi connectivity index (χ0n) is 16.6. The van der Waals surface area contributed by atoms with Gasteiger partial charge in [0.15, 0.2) is 11.5 Å². The van der Waals surface area contributed by atoms with Crippen molar-refractivity contribution >= 4 is 27.3 Å². The standard InChI is InChI=1S/C22H20N2O6S/c1-28-18-7-3-2-6-17(18)24-31(26,27)16-12-10-15(11-13-16)23-22(25)21-14-29-19-8-4-5-9-20(19)30-21/h2-13,21,24H,14H2,1H3,(H,23,25)/t21-/m1/s1. The Morgan fingerprint density at radius 1 is 0.968 bits per heavy atom. The Kier molecular flexibility index (Phi) is 5.68. The van der Waals surface area contributed by atoms with Gasteiger partial charge < -0.3 is 19.5 Å². The van der Waals surface area contributed by atoms with E-state index in [1.54, 1.807) is 42.5 Å². The van der Waals surface area contributed by atoms with Crippen molar-refractivity contribution in [3.63, 3.8) is 0 Å². The van der Waals surface area contributed by atoms with Crippen molar-refractivity contribution in [2.45, 2.75) is 11.0 Å². The summed E-state index contributed by atoms with van der Waals surface area (Å²) in [4.78, 5) is 12.6. The number of carbonyl (C=O) groups excluding carboxylic acids is 1. The number of fused-ring (bicyclic) bond motifs is 1. The zero-order chi connectivity index (χ0) is 21.8. The number of hydrogen-bond acceptors (Lipinski definition) is 6. The molecule has 0 saturated heterocycles. The minimum absolute atomic E-state index is 0.0441. The molecule has 3 aromatic rings. The SMILES string of the molecule is COc1ccccc1NS(=O)(=O)c1ccc(NC(=O)[C@H]2COc3ccccc3O2)cc1. The maximum Gasteiger partial charge on any atom is 0.269 e. The number of methoxy groups -OCH3 is 1. The first kappa shape index (κ1) is 20.5. The lowest BCUT2D eigenvalue weighted by atomic mass is 10.2. The number of rotatable bonds is 6. The molecule has 0 aliphatic carbocycles. The maximum atomic E-state index is 12.7. The van der Waals surface area contributed by atoms with Crippen molar-refractivity contribution < 1.29 is 27.4 Å². The van der Waals surface area contributed by atoms with Crippen LogP contribution in [0.5, 0.6) is 17.2 Å². The van der Waals surface area contributed by atoms with Crippen molar-refractivity contribution in [3.8, 4) is 17.2 Å². The van der Waals surface area contributed by atoms with Crippen LogP contribution in [0.1, 0.15) is 0 Å². The number of hydrogen-bond donors (Lipinski definition) is 2. The van der Waals surface area contributed by atoms with E-state index in [1.807, 2.05) is 6.07 Å². The first-order valence-electron chi connectivity index (χ1n) is 9.41. The molecular weight excluding hydrogens is 420 g/mol. The van der Waals surface area contributed by atoms with E-state index in [4.69, 9.17) is 14.2 Å². The molecule has 1 aliphatic rings. The van der Waals surface area contributed by atoms with E-state index in [9.17, 15) is 13.2 Å². The Morgan fingerprint density at radius 3 is 2.39 bits per heavy atom. The van der Waals surface area contributed by atoms with Crippen molar-refractivity contribution in [2.24, 2.45) is 0 Å². The van der Waals surface area contributed by atoms with Crippen LogP contribution in [-0.2, 0) is 14.8 Å². The van der Waals surface area contributed by atoms with E-state index in [0.717, 1.165) is 0 Å². The Bertz CT molecular complexity index is 1190. The van der Waals surface area contributed by atoms with Crippen molar-refractivity contribution in [1.82, 2.24) is 0 Å². The molecule has 31 heavy (non-hydrogen) atoms. The largest absolute Gasteiger partial charge is 0.495 e. The number of anilines is 2. The summed E-state index contributed by atoms with van der Waals surface area (Å²) in [6.07, 6.45) is -0.814. The molecule has 0 aromatic heterocycles. The first-order chi connectivity index (χ1) is 15.0. The molecule has 0 saturated carbocycles. The minimum Gasteiger partial charge on any atom is -0.495 e. The monoisotopic (exact) mass is 440 g/mol. The second kappa shape index (κ2) is 8.57. The average molecular weight is 440 g/mol. The molecule has 1 aliphatic heterocycles. The quantitative estimate of drug-likeness (QED) is 0.610. The number of amides is 1. The Labute approximate surface area is 179 Å². The smallest absolute Gasteiger partial charge is 0.269 e. The number of nitrogens with one attached hydrogen (secondary N) is 2. The predicted molar refractivity (Wildman–Crippen MR) is 115 cm³/mol. The topological polar surface area (TPSA) is 103 Å². The van der Waals surface area contributed by atoms with Gasteiger partial charge in [0.1, 0.15) is 12.4 Å². The van der Waals surface area contributed by atoms with E-state index >= 15 is 0 Å². The maximum absolute atomic E-state index is 12.7. The molecule has 3 aromatic carbocycles. The fourth-order valence-electron chi connectivity index (χ4n) is 3.02. The highest BCUT2D eigenvalue weighted by Gasteiger charge is 2.27. The van der Waals surface area contributed by atoms with E-state index in [-0.39, 0.29) is 11.5 Å². The van der Waals surface area contributed by atoms with E-state index < -0.39 is 22.0 Å². The lowest BCUT2D eigenvalue weighted by Gasteiger charge is -2.25. The summed E-state index contributed by atoms with van der Waals surface area (Å²) >= 11 is 0. The van der Waals surface area contributed by atoms with Gasteiger partial charge in [0.05, 0.1) is 17.7 Å². The van der Waals surface area contributed by atoms with E-state index in [1.165, 1.54) is 31.4 Å². The van der Waals surface area contributed by atoms with Gasteiger partial charge in [0, 0.05) is 5.69 Å².